The highest BCUT2D eigenvalue weighted by Gasteiger charge is 2.38. The molecule has 1 saturated heterocycles. The summed E-state index contributed by atoms with van der Waals surface area (Å²) in [5.41, 5.74) is 2.64. The van der Waals surface area contributed by atoms with Crippen molar-refractivity contribution in [1.82, 2.24) is 14.7 Å². The summed E-state index contributed by atoms with van der Waals surface area (Å²) in [6.45, 7) is 5.23. The number of nitrogens with zero attached hydrogens (tertiary/aromatic N) is 3. The first-order valence-electron chi connectivity index (χ1n) is 8.91. The fourth-order valence-electron chi connectivity index (χ4n) is 3.41. The van der Waals surface area contributed by atoms with Gasteiger partial charge in [-0.25, -0.2) is 4.79 Å². The molecule has 27 heavy (non-hydrogen) atoms. The number of carboxylic acid groups (broad SMARTS) is 1. The normalized spacial score (nSPS) is 18.9. The summed E-state index contributed by atoms with van der Waals surface area (Å²) in [4.78, 5) is 11.5. The van der Waals surface area contributed by atoms with Crippen LogP contribution < -0.4 is 4.74 Å². The second-order valence-electron chi connectivity index (χ2n) is 6.76. The van der Waals surface area contributed by atoms with E-state index in [1.54, 1.807) is 7.11 Å². The summed E-state index contributed by atoms with van der Waals surface area (Å²) < 4.78 is 44.6. The molecular formula is C17H26F3N3O4. The molecule has 0 amide bonds. The molecule has 10 heteroatoms. The Labute approximate surface area is 156 Å². The van der Waals surface area contributed by atoms with Crippen LogP contribution in [0, 0.1) is 5.92 Å². The Morgan fingerprint density at radius 1 is 1.37 bits per heavy atom. The number of aliphatic carboxylic acids is 1. The van der Waals surface area contributed by atoms with Crippen molar-refractivity contribution in [1.29, 1.82) is 0 Å². The molecule has 0 aromatic carbocycles. The van der Waals surface area contributed by atoms with Crippen molar-refractivity contribution in [2.24, 2.45) is 13.0 Å². The SMILES string of the molecule is COc1nn(C)c2c1CCCN(CC1CCOCC1)C2.O=C(O)C(F)(F)F. The first kappa shape index (κ1) is 21.5. The van der Waals surface area contributed by atoms with E-state index >= 15 is 0 Å². The molecular weight excluding hydrogens is 367 g/mol. The first-order valence-corrected chi connectivity index (χ1v) is 8.91. The zero-order chi connectivity index (χ0) is 20.0. The highest BCUT2D eigenvalue weighted by Crippen LogP contribution is 2.27. The Morgan fingerprint density at radius 2 is 2.00 bits per heavy atom. The van der Waals surface area contributed by atoms with Crippen LogP contribution in [0.1, 0.15) is 30.5 Å². The van der Waals surface area contributed by atoms with Crippen LogP contribution in [0.25, 0.3) is 0 Å². The van der Waals surface area contributed by atoms with E-state index in [1.807, 2.05) is 11.7 Å². The molecule has 1 aromatic rings. The number of halogens is 3. The maximum Gasteiger partial charge on any atom is 0.490 e. The highest BCUT2D eigenvalue weighted by atomic mass is 19.4. The zero-order valence-corrected chi connectivity index (χ0v) is 15.6. The van der Waals surface area contributed by atoms with Gasteiger partial charge >= 0.3 is 12.1 Å². The van der Waals surface area contributed by atoms with Gasteiger partial charge in [0.2, 0.25) is 5.88 Å². The lowest BCUT2D eigenvalue weighted by Crippen LogP contribution is -2.32. The van der Waals surface area contributed by atoms with Gasteiger partial charge in [-0.3, -0.25) is 9.58 Å². The summed E-state index contributed by atoms with van der Waals surface area (Å²) in [7, 11) is 3.74. The lowest BCUT2D eigenvalue weighted by atomic mass is 9.99. The van der Waals surface area contributed by atoms with Crippen LogP contribution in [0.2, 0.25) is 0 Å². The van der Waals surface area contributed by atoms with Gasteiger partial charge in [-0.2, -0.15) is 13.2 Å². The number of aromatic nitrogens is 2. The smallest absolute Gasteiger partial charge is 0.480 e. The topological polar surface area (TPSA) is 76.8 Å². The Hall–Kier alpha value is -1.81. The van der Waals surface area contributed by atoms with E-state index in [2.05, 4.69) is 10.00 Å². The molecule has 1 fully saturated rings. The van der Waals surface area contributed by atoms with E-state index < -0.39 is 12.1 Å². The minimum absolute atomic E-state index is 0.792. The molecule has 0 spiro atoms. The summed E-state index contributed by atoms with van der Waals surface area (Å²) in [6.07, 6.45) is -0.398. The van der Waals surface area contributed by atoms with Crippen LogP contribution in [0.4, 0.5) is 13.2 Å². The number of carbonyl (C=O) groups is 1. The summed E-state index contributed by atoms with van der Waals surface area (Å²) in [5.74, 6) is -1.15. The van der Waals surface area contributed by atoms with Crippen LogP contribution in [0.3, 0.4) is 0 Å². The van der Waals surface area contributed by atoms with Crippen LogP contribution in [0.5, 0.6) is 5.88 Å². The van der Waals surface area contributed by atoms with Crippen LogP contribution >= 0.6 is 0 Å². The lowest BCUT2D eigenvalue weighted by Gasteiger charge is -2.28. The molecule has 0 saturated carbocycles. The molecule has 154 valence electrons. The third-order valence-electron chi connectivity index (χ3n) is 4.81. The second kappa shape index (κ2) is 9.41. The fraction of sp³-hybridized carbons (Fsp3) is 0.765. The van der Waals surface area contributed by atoms with Crippen LogP contribution in [0.15, 0.2) is 0 Å². The molecule has 7 nitrogen and oxygen atoms in total. The van der Waals surface area contributed by atoms with E-state index in [0.717, 1.165) is 38.0 Å². The van der Waals surface area contributed by atoms with Crippen LogP contribution in [-0.2, 0) is 29.5 Å². The van der Waals surface area contributed by atoms with E-state index in [9.17, 15) is 13.2 Å². The number of alkyl halides is 3. The largest absolute Gasteiger partial charge is 0.490 e. The maximum absolute atomic E-state index is 10.6. The predicted molar refractivity (Wildman–Crippen MR) is 90.6 cm³/mol. The van der Waals surface area contributed by atoms with Crippen molar-refractivity contribution in [2.75, 3.05) is 33.4 Å². The van der Waals surface area contributed by atoms with Gasteiger partial charge in [-0.05, 0) is 38.1 Å². The number of carboxylic acids is 1. The molecule has 2 aliphatic rings. The van der Waals surface area contributed by atoms with Crippen molar-refractivity contribution in [3.05, 3.63) is 11.3 Å². The molecule has 0 radical (unpaired) electrons. The standard InChI is InChI=1S/C15H25N3O2.C2HF3O2/c1-17-14-11-18(10-12-5-8-20-9-6-12)7-3-4-13(14)15(16-17)19-2;3-2(4,5)1(6)7/h12H,3-11H2,1-2H3;(H,6,7). The van der Waals surface area contributed by atoms with Gasteiger partial charge in [0.05, 0.1) is 12.8 Å². The quantitative estimate of drug-likeness (QED) is 0.849. The molecule has 0 atom stereocenters. The molecule has 3 heterocycles. The van der Waals surface area contributed by atoms with Crippen LogP contribution in [-0.4, -0.2) is 65.3 Å². The average molecular weight is 393 g/mol. The molecule has 0 unspecified atom stereocenters. The first-order chi connectivity index (χ1) is 12.7. The molecule has 1 N–H and O–H groups in total. The Morgan fingerprint density at radius 3 is 2.56 bits per heavy atom. The van der Waals surface area contributed by atoms with Gasteiger partial charge in [-0.15, -0.1) is 5.10 Å². The van der Waals surface area contributed by atoms with Gasteiger partial charge < -0.3 is 14.6 Å². The zero-order valence-electron chi connectivity index (χ0n) is 15.6. The average Bonchev–Trinajstić information content (AvgIpc) is 2.78. The van der Waals surface area contributed by atoms with Crippen molar-refractivity contribution in [3.63, 3.8) is 0 Å². The molecule has 0 bridgehead atoms. The minimum Gasteiger partial charge on any atom is -0.480 e. The lowest BCUT2D eigenvalue weighted by molar-refractivity contribution is -0.192. The fourth-order valence-corrected chi connectivity index (χ4v) is 3.41. The summed E-state index contributed by atoms with van der Waals surface area (Å²) in [5, 5.41) is 11.6. The van der Waals surface area contributed by atoms with E-state index in [0.29, 0.717) is 0 Å². The Balaban J connectivity index is 0.000000321. The predicted octanol–water partition coefficient (Wildman–Crippen LogP) is 2.24. The van der Waals surface area contributed by atoms with E-state index in [4.69, 9.17) is 19.4 Å². The molecule has 0 aliphatic carbocycles. The third kappa shape index (κ3) is 6.10. The Kier molecular flexibility index (Phi) is 7.49. The van der Waals surface area contributed by atoms with Gasteiger partial charge in [-0.1, -0.05) is 0 Å². The van der Waals surface area contributed by atoms with Gasteiger partial charge in [0.15, 0.2) is 0 Å². The summed E-state index contributed by atoms with van der Waals surface area (Å²) in [6, 6.07) is 0. The molecule has 2 aliphatic heterocycles. The highest BCUT2D eigenvalue weighted by molar-refractivity contribution is 5.73. The number of aryl methyl sites for hydroxylation is 1. The number of ether oxygens (including phenoxy) is 2. The maximum atomic E-state index is 10.6. The summed E-state index contributed by atoms with van der Waals surface area (Å²) >= 11 is 0. The Bertz CT molecular complexity index is 628. The van der Waals surface area contributed by atoms with Gasteiger partial charge in [0.25, 0.3) is 0 Å². The van der Waals surface area contributed by atoms with E-state index in [1.165, 1.54) is 43.6 Å². The monoisotopic (exact) mass is 393 g/mol. The molecule has 1 aromatic heterocycles. The van der Waals surface area contributed by atoms with Crippen molar-refractivity contribution >= 4 is 5.97 Å². The van der Waals surface area contributed by atoms with Gasteiger partial charge in [0.1, 0.15) is 0 Å². The number of fused-ring (bicyclic) bond motifs is 1. The van der Waals surface area contributed by atoms with Crippen molar-refractivity contribution < 1.29 is 32.5 Å². The number of methoxy groups -OCH3 is 1. The van der Waals surface area contributed by atoms with E-state index in [-0.39, 0.29) is 0 Å². The number of rotatable bonds is 3. The number of hydrogen-bond donors (Lipinski definition) is 1. The third-order valence-corrected chi connectivity index (χ3v) is 4.81. The van der Waals surface area contributed by atoms with Gasteiger partial charge in [0, 0.05) is 38.9 Å². The van der Waals surface area contributed by atoms with Crippen molar-refractivity contribution in [3.8, 4) is 5.88 Å². The molecule has 3 rings (SSSR count). The van der Waals surface area contributed by atoms with Crippen molar-refractivity contribution in [2.45, 2.75) is 38.4 Å². The minimum atomic E-state index is -5.08. The number of hydrogen-bond acceptors (Lipinski definition) is 5. The second-order valence-corrected chi connectivity index (χ2v) is 6.76.